The summed E-state index contributed by atoms with van der Waals surface area (Å²) in [6.45, 7) is 1.68. The van der Waals surface area contributed by atoms with Gasteiger partial charge in [0.2, 0.25) is 5.95 Å². The molecule has 0 fully saturated rings. The number of anilines is 1. The molecule has 0 atom stereocenters. The molecule has 0 spiro atoms. The third-order valence-electron chi connectivity index (χ3n) is 2.78. The van der Waals surface area contributed by atoms with E-state index in [0.717, 1.165) is 6.21 Å². The molecule has 1 heterocycles. The molecular formula is C13H12F4N4O. The number of aryl methyl sites for hydroxylation is 1. The zero-order valence-electron chi connectivity index (χ0n) is 11.6. The van der Waals surface area contributed by atoms with E-state index in [1.807, 2.05) is 0 Å². The van der Waals surface area contributed by atoms with Crippen molar-refractivity contribution in [1.29, 1.82) is 0 Å². The summed E-state index contributed by atoms with van der Waals surface area (Å²) in [6.07, 6.45) is -2.24. The number of nitrogens with two attached hydrogens (primary N) is 1. The summed E-state index contributed by atoms with van der Waals surface area (Å²) in [5.74, 6) is -1.42. The van der Waals surface area contributed by atoms with Crippen LogP contribution in [0.25, 0.3) is 0 Å². The lowest BCUT2D eigenvalue weighted by atomic mass is 10.1. The van der Waals surface area contributed by atoms with Crippen LogP contribution in [0.15, 0.2) is 23.4 Å². The highest BCUT2D eigenvalue weighted by atomic mass is 19.4. The van der Waals surface area contributed by atoms with Crippen molar-refractivity contribution in [2.45, 2.75) is 13.1 Å². The SMILES string of the molecule is COc1cc(F)c(C(F)(F)F)cc1C=Nn1cc(C)nc1N. The lowest BCUT2D eigenvalue weighted by Gasteiger charge is -2.11. The Balaban J connectivity index is 2.47. The molecule has 2 aromatic rings. The number of hydrogen-bond donors (Lipinski definition) is 1. The molecule has 0 aliphatic rings. The monoisotopic (exact) mass is 316 g/mol. The van der Waals surface area contributed by atoms with Crippen molar-refractivity contribution < 1.29 is 22.3 Å². The number of rotatable bonds is 3. The molecule has 1 aromatic carbocycles. The predicted molar refractivity (Wildman–Crippen MR) is 72.3 cm³/mol. The lowest BCUT2D eigenvalue weighted by molar-refractivity contribution is -0.140. The van der Waals surface area contributed by atoms with Gasteiger partial charge < -0.3 is 10.5 Å². The fourth-order valence-electron chi connectivity index (χ4n) is 1.79. The van der Waals surface area contributed by atoms with E-state index in [1.54, 1.807) is 6.92 Å². The first-order chi connectivity index (χ1) is 10.2. The molecule has 22 heavy (non-hydrogen) atoms. The van der Waals surface area contributed by atoms with Crippen LogP contribution in [0.5, 0.6) is 5.75 Å². The van der Waals surface area contributed by atoms with E-state index in [-0.39, 0.29) is 17.3 Å². The topological polar surface area (TPSA) is 65.4 Å². The van der Waals surface area contributed by atoms with Gasteiger partial charge in [0, 0.05) is 11.6 Å². The lowest BCUT2D eigenvalue weighted by Crippen LogP contribution is -2.10. The molecule has 0 unspecified atom stereocenters. The number of methoxy groups -OCH3 is 1. The highest BCUT2D eigenvalue weighted by Crippen LogP contribution is 2.34. The zero-order valence-corrected chi connectivity index (χ0v) is 11.6. The number of ether oxygens (including phenoxy) is 1. The first-order valence-electron chi connectivity index (χ1n) is 6.03. The van der Waals surface area contributed by atoms with Gasteiger partial charge in [-0.25, -0.2) is 14.1 Å². The second-order valence-electron chi connectivity index (χ2n) is 4.40. The van der Waals surface area contributed by atoms with Crippen LogP contribution < -0.4 is 10.5 Å². The van der Waals surface area contributed by atoms with Gasteiger partial charge in [0.05, 0.1) is 30.8 Å². The van der Waals surface area contributed by atoms with Gasteiger partial charge in [0.1, 0.15) is 11.6 Å². The summed E-state index contributed by atoms with van der Waals surface area (Å²) in [6, 6.07) is 1.28. The van der Waals surface area contributed by atoms with Gasteiger partial charge in [0.25, 0.3) is 0 Å². The summed E-state index contributed by atoms with van der Waals surface area (Å²) in [7, 11) is 1.22. The summed E-state index contributed by atoms with van der Waals surface area (Å²) < 4.78 is 57.7. The number of halogens is 4. The summed E-state index contributed by atoms with van der Waals surface area (Å²) >= 11 is 0. The summed E-state index contributed by atoms with van der Waals surface area (Å²) in [5.41, 5.74) is 4.72. The molecule has 0 saturated heterocycles. The Labute approximate surface area is 123 Å². The Bertz CT molecular complexity index is 722. The molecule has 0 bridgehead atoms. The van der Waals surface area contributed by atoms with E-state index in [0.29, 0.717) is 17.8 Å². The van der Waals surface area contributed by atoms with Gasteiger partial charge in [-0.15, -0.1) is 0 Å². The maximum Gasteiger partial charge on any atom is 0.419 e. The van der Waals surface area contributed by atoms with Crippen LogP contribution in [0.3, 0.4) is 0 Å². The maximum atomic E-state index is 13.5. The quantitative estimate of drug-likeness (QED) is 0.699. The Morgan fingerprint density at radius 1 is 1.36 bits per heavy atom. The van der Waals surface area contributed by atoms with Crippen LogP contribution in [0.4, 0.5) is 23.5 Å². The van der Waals surface area contributed by atoms with Crippen LogP contribution in [-0.4, -0.2) is 23.0 Å². The number of aromatic nitrogens is 2. The first-order valence-corrected chi connectivity index (χ1v) is 6.03. The standard InChI is InChI=1S/C13H12F4N4O/c1-7-6-21(12(18)20-7)19-5-8-3-9(13(15,16)17)10(14)4-11(8)22-2/h3-6H,1-2H3,(H2,18,20). The number of hydrogen-bond acceptors (Lipinski definition) is 4. The second kappa shape index (κ2) is 5.66. The van der Waals surface area contributed by atoms with E-state index < -0.39 is 17.6 Å². The molecule has 0 radical (unpaired) electrons. The summed E-state index contributed by atoms with van der Waals surface area (Å²) in [4.78, 5) is 3.89. The highest BCUT2D eigenvalue weighted by Gasteiger charge is 2.35. The minimum atomic E-state index is -4.82. The van der Waals surface area contributed by atoms with Crippen molar-refractivity contribution in [3.8, 4) is 5.75 Å². The van der Waals surface area contributed by atoms with Crippen LogP contribution in [-0.2, 0) is 6.18 Å². The van der Waals surface area contributed by atoms with Gasteiger partial charge >= 0.3 is 6.18 Å². The molecule has 2 rings (SSSR count). The van der Waals surface area contributed by atoms with E-state index in [4.69, 9.17) is 10.5 Å². The normalized spacial score (nSPS) is 12.1. The Kier molecular flexibility index (Phi) is 4.07. The number of imidazole rings is 1. The van der Waals surface area contributed by atoms with E-state index in [9.17, 15) is 17.6 Å². The van der Waals surface area contributed by atoms with Crippen LogP contribution in [0.1, 0.15) is 16.8 Å². The number of benzene rings is 1. The van der Waals surface area contributed by atoms with Gasteiger partial charge in [-0.2, -0.15) is 18.3 Å². The molecule has 118 valence electrons. The smallest absolute Gasteiger partial charge is 0.419 e. The predicted octanol–water partition coefficient (Wildman–Crippen LogP) is 2.82. The molecule has 1 aromatic heterocycles. The third-order valence-corrected chi connectivity index (χ3v) is 2.78. The van der Waals surface area contributed by atoms with E-state index >= 15 is 0 Å². The van der Waals surface area contributed by atoms with Gasteiger partial charge in [-0.1, -0.05) is 0 Å². The molecule has 0 amide bonds. The Morgan fingerprint density at radius 3 is 2.55 bits per heavy atom. The third kappa shape index (κ3) is 3.18. The fraction of sp³-hybridized carbons (Fsp3) is 0.231. The largest absolute Gasteiger partial charge is 0.496 e. The average molecular weight is 316 g/mol. The molecule has 9 heteroatoms. The summed E-state index contributed by atoms with van der Waals surface area (Å²) in [5, 5.41) is 3.89. The van der Waals surface area contributed by atoms with Crippen LogP contribution in [0, 0.1) is 12.7 Å². The van der Waals surface area contributed by atoms with Crippen molar-refractivity contribution in [1.82, 2.24) is 9.66 Å². The van der Waals surface area contributed by atoms with Crippen molar-refractivity contribution in [2.75, 3.05) is 12.8 Å². The highest BCUT2D eigenvalue weighted by molar-refractivity contribution is 5.84. The van der Waals surface area contributed by atoms with Crippen molar-refractivity contribution in [3.05, 3.63) is 41.0 Å². The average Bonchev–Trinajstić information content (AvgIpc) is 2.73. The van der Waals surface area contributed by atoms with Gasteiger partial charge in [0.15, 0.2) is 0 Å². The van der Waals surface area contributed by atoms with Gasteiger partial charge in [-0.05, 0) is 13.0 Å². The molecule has 2 N–H and O–H groups in total. The van der Waals surface area contributed by atoms with Crippen LogP contribution in [0.2, 0.25) is 0 Å². The number of nitrogens with zero attached hydrogens (tertiary/aromatic N) is 3. The van der Waals surface area contributed by atoms with E-state index in [1.165, 1.54) is 18.0 Å². The Morgan fingerprint density at radius 2 is 2.05 bits per heavy atom. The molecule has 0 aliphatic carbocycles. The number of nitrogen functional groups attached to an aromatic ring is 1. The molecule has 5 nitrogen and oxygen atoms in total. The number of alkyl halides is 3. The van der Waals surface area contributed by atoms with Crippen molar-refractivity contribution >= 4 is 12.2 Å². The van der Waals surface area contributed by atoms with Crippen molar-refractivity contribution in [2.24, 2.45) is 5.10 Å². The minimum Gasteiger partial charge on any atom is -0.496 e. The van der Waals surface area contributed by atoms with Crippen molar-refractivity contribution in [3.63, 3.8) is 0 Å². The fourth-order valence-corrected chi connectivity index (χ4v) is 1.79. The second-order valence-corrected chi connectivity index (χ2v) is 4.40. The maximum absolute atomic E-state index is 13.5. The van der Waals surface area contributed by atoms with Gasteiger partial charge in [-0.3, -0.25) is 0 Å². The minimum absolute atomic E-state index is 0.0398. The van der Waals surface area contributed by atoms with Crippen LogP contribution >= 0.6 is 0 Å². The molecular weight excluding hydrogens is 304 g/mol. The Hall–Kier alpha value is -2.58. The van der Waals surface area contributed by atoms with E-state index in [2.05, 4.69) is 10.1 Å². The first kappa shape index (κ1) is 15.8. The zero-order chi connectivity index (χ0) is 16.5. The molecule has 0 aliphatic heterocycles. The molecule has 0 saturated carbocycles.